The molecule has 102 valence electrons. The Kier molecular flexibility index (Phi) is 3.36. The van der Waals surface area contributed by atoms with Crippen molar-refractivity contribution in [1.82, 2.24) is 0 Å². The number of carbonyl (C=O) groups excluding carboxylic acids is 1. The van der Waals surface area contributed by atoms with Crippen LogP contribution in [0.2, 0.25) is 0 Å². The van der Waals surface area contributed by atoms with Crippen LogP contribution in [0.3, 0.4) is 0 Å². The zero-order valence-electron chi connectivity index (χ0n) is 10.8. The number of hydrogen-bond acceptors (Lipinski definition) is 3. The highest BCUT2D eigenvalue weighted by Gasteiger charge is 2.48. The van der Waals surface area contributed by atoms with Crippen LogP contribution in [0.5, 0.6) is 0 Å². The molecule has 0 aromatic heterocycles. The highest BCUT2D eigenvalue weighted by Crippen LogP contribution is 2.45. The molecule has 5 nitrogen and oxygen atoms in total. The van der Waals surface area contributed by atoms with E-state index < -0.39 is 17.3 Å². The van der Waals surface area contributed by atoms with Crippen molar-refractivity contribution < 1.29 is 19.4 Å². The fraction of sp³-hybridized carbons (Fsp3) is 0.846. The molecule has 1 saturated carbocycles. The van der Waals surface area contributed by atoms with Gasteiger partial charge in [-0.2, -0.15) is 0 Å². The Balaban J connectivity index is 2.02. The van der Waals surface area contributed by atoms with E-state index in [0.717, 1.165) is 25.7 Å². The van der Waals surface area contributed by atoms with Crippen LogP contribution < -0.4 is 5.73 Å². The zero-order chi connectivity index (χ0) is 13.4. The summed E-state index contributed by atoms with van der Waals surface area (Å²) in [4.78, 5) is 22.6. The van der Waals surface area contributed by atoms with Crippen molar-refractivity contribution in [2.24, 2.45) is 11.1 Å². The molecular formula is C13H21NO4. The zero-order valence-corrected chi connectivity index (χ0v) is 10.8. The molecule has 1 spiro atoms. The predicted octanol–water partition coefficient (Wildman–Crippen LogP) is 1.44. The van der Waals surface area contributed by atoms with Crippen LogP contribution in [0, 0.1) is 5.41 Å². The molecule has 1 aliphatic heterocycles. The highest BCUT2D eigenvalue weighted by atomic mass is 16.5. The summed E-state index contributed by atoms with van der Waals surface area (Å²) in [5.41, 5.74) is 3.66. The normalized spacial score (nSPS) is 29.3. The van der Waals surface area contributed by atoms with Crippen molar-refractivity contribution in [1.29, 1.82) is 0 Å². The third-order valence-corrected chi connectivity index (χ3v) is 4.51. The van der Waals surface area contributed by atoms with E-state index in [0.29, 0.717) is 0 Å². The predicted molar refractivity (Wildman–Crippen MR) is 64.9 cm³/mol. The average molecular weight is 255 g/mol. The summed E-state index contributed by atoms with van der Waals surface area (Å²) in [5.74, 6) is -1.95. The molecule has 1 heterocycles. The largest absolute Gasteiger partial charge is 0.480 e. The van der Waals surface area contributed by atoms with Crippen LogP contribution in [-0.4, -0.2) is 28.7 Å². The molecular weight excluding hydrogens is 234 g/mol. The van der Waals surface area contributed by atoms with Gasteiger partial charge in [0.05, 0.1) is 11.7 Å². The molecule has 3 N–H and O–H groups in total. The average Bonchev–Trinajstić information content (AvgIpc) is 2.89. The summed E-state index contributed by atoms with van der Waals surface area (Å²) >= 11 is 0. The van der Waals surface area contributed by atoms with E-state index in [9.17, 15) is 9.59 Å². The lowest BCUT2D eigenvalue weighted by Crippen LogP contribution is -2.44. The molecule has 2 rings (SSSR count). The third kappa shape index (κ3) is 2.23. The summed E-state index contributed by atoms with van der Waals surface area (Å²) in [5, 5.41) is 9.16. The van der Waals surface area contributed by atoms with Crippen LogP contribution in [0.4, 0.5) is 0 Å². The Morgan fingerprint density at radius 1 is 1.39 bits per heavy atom. The first-order chi connectivity index (χ1) is 8.38. The Hall–Kier alpha value is -1.10. The molecule has 2 aliphatic rings. The maximum Gasteiger partial charge on any atom is 0.319 e. The SMILES string of the molecule is CC(CC1CCC2(CCCC2)O1)(C(N)=O)C(=O)O. The minimum atomic E-state index is -1.52. The summed E-state index contributed by atoms with van der Waals surface area (Å²) in [6.07, 6.45) is 6.31. The molecule has 5 heteroatoms. The van der Waals surface area contributed by atoms with Crippen molar-refractivity contribution in [3.8, 4) is 0 Å². The molecule has 1 saturated heterocycles. The number of carboxylic acid groups (broad SMARTS) is 1. The number of aliphatic carboxylic acids is 1. The van der Waals surface area contributed by atoms with Gasteiger partial charge in [-0.05, 0) is 39.0 Å². The first-order valence-corrected chi connectivity index (χ1v) is 6.59. The van der Waals surface area contributed by atoms with Crippen molar-refractivity contribution in [2.45, 2.75) is 63.6 Å². The molecule has 0 bridgehead atoms. The Labute approximate surface area is 107 Å². The number of rotatable bonds is 4. The molecule has 1 amide bonds. The van der Waals surface area contributed by atoms with Gasteiger partial charge in [-0.15, -0.1) is 0 Å². The maximum absolute atomic E-state index is 11.3. The number of amides is 1. The van der Waals surface area contributed by atoms with Crippen LogP contribution in [0.1, 0.15) is 51.9 Å². The van der Waals surface area contributed by atoms with Crippen LogP contribution >= 0.6 is 0 Å². The number of carboxylic acids is 1. The molecule has 0 aromatic rings. The summed E-state index contributed by atoms with van der Waals surface area (Å²) in [7, 11) is 0. The maximum atomic E-state index is 11.3. The second kappa shape index (κ2) is 4.53. The number of ether oxygens (including phenoxy) is 1. The van der Waals surface area contributed by atoms with E-state index in [1.165, 1.54) is 19.8 Å². The van der Waals surface area contributed by atoms with Gasteiger partial charge < -0.3 is 15.6 Å². The summed E-state index contributed by atoms with van der Waals surface area (Å²) < 4.78 is 6.03. The van der Waals surface area contributed by atoms with Gasteiger partial charge in [-0.3, -0.25) is 9.59 Å². The minimum absolute atomic E-state index is 0.0400. The fourth-order valence-electron chi connectivity index (χ4n) is 3.17. The second-order valence-electron chi connectivity index (χ2n) is 5.87. The molecule has 2 atom stereocenters. The summed E-state index contributed by atoms with van der Waals surface area (Å²) in [6, 6.07) is 0. The van der Waals surface area contributed by atoms with Gasteiger partial charge in [-0.1, -0.05) is 12.8 Å². The van der Waals surface area contributed by atoms with E-state index in [1.54, 1.807) is 0 Å². The third-order valence-electron chi connectivity index (χ3n) is 4.51. The lowest BCUT2D eigenvalue weighted by Gasteiger charge is -2.27. The Bertz CT molecular complexity index is 346. The van der Waals surface area contributed by atoms with Gasteiger partial charge >= 0.3 is 5.97 Å². The smallest absolute Gasteiger partial charge is 0.319 e. The summed E-state index contributed by atoms with van der Waals surface area (Å²) in [6.45, 7) is 1.39. The highest BCUT2D eigenvalue weighted by molar-refractivity contribution is 6.00. The first kappa shape index (κ1) is 13.3. The van der Waals surface area contributed by atoms with Gasteiger partial charge in [0.15, 0.2) is 0 Å². The van der Waals surface area contributed by atoms with E-state index >= 15 is 0 Å². The van der Waals surface area contributed by atoms with Gasteiger partial charge in [0.1, 0.15) is 5.41 Å². The standard InChI is InChI=1S/C13H21NO4/c1-12(10(14)15,11(16)17)8-9-4-7-13(18-9)5-2-3-6-13/h9H,2-8H2,1H3,(H2,14,15)(H,16,17). The minimum Gasteiger partial charge on any atom is -0.480 e. The molecule has 1 aliphatic carbocycles. The van der Waals surface area contributed by atoms with Crippen LogP contribution in [-0.2, 0) is 14.3 Å². The van der Waals surface area contributed by atoms with Crippen molar-refractivity contribution in [2.75, 3.05) is 0 Å². The number of primary amides is 1. The van der Waals surface area contributed by atoms with Crippen LogP contribution in [0.25, 0.3) is 0 Å². The number of nitrogens with two attached hydrogens (primary N) is 1. The Morgan fingerprint density at radius 2 is 2.00 bits per heavy atom. The van der Waals surface area contributed by atoms with Crippen molar-refractivity contribution in [3.05, 3.63) is 0 Å². The van der Waals surface area contributed by atoms with Crippen molar-refractivity contribution >= 4 is 11.9 Å². The van der Waals surface area contributed by atoms with E-state index in [-0.39, 0.29) is 18.1 Å². The second-order valence-corrected chi connectivity index (χ2v) is 5.87. The lowest BCUT2D eigenvalue weighted by atomic mass is 9.83. The van der Waals surface area contributed by atoms with Gasteiger partial charge in [0.2, 0.25) is 5.91 Å². The van der Waals surface area contributed by atoms with Gasteiger partial charge in [0, 0.05) is 0 Å². The topological polar surface area (TPSA) is 89.6 Å². The number of carbonyl (C=O) groups is 2. The molecule has 2 fully saturated rings. The molecule has 0 radical (unpaired) electrons. The fourth-order valence-corrected chi connectivity index (χ4v) is 3.17. The molecule has 0 aromatic carbocycles. The van der Waals surface area contributed by atoms with Crippen LogP contribution in [0.15, 0.2) is 0 Å². The quantitative estimate of drug-likeness (QED) is 0.744. The van der Waals surface area contributed by atoms with Gasteiger partial charge in [-0.25, -0.2) is 0 Å². The van der Waals surface area contributed by atoms with E-state index in [1.807, 2.05) is 0 Å². The first-order valence-electron chi connectivity index (χ1n) is 6.59. The molecule has 18 heavy (non-hydrogen) atoms. The lowest BCUT2D eigenvalue weighted by molar-refractivity contribution is -0.157. The van der Waals surface area contributed by atoms with Gasteiger partial charge in [0.25, 0.3) is 0 Å². The van der Waals surface area contributed by atoms with E-state index in [4.69, 9.17) is 15.6 Å². The molecule has 2 unspecified atom stereocenters. The Morgan fingerprint density at radius 3 is 2.50 bits per heavy atom. The van der Waals surface area contributed by atoms with Crippen molar-refractivity contribution in [3.63, 3.8) is 0 Å². The number of hydrogen-bond donors (Lipinski definition) is 2. The van der Waals surface area contributed by atoms with E-state index in [2.05, 4.69) is 0 Å². The monoisotopic (exact) mass is 255 g/mol.